The average Bonchev–Trinajstić information content (AvgIpc) is 1.51. The molecule has 11 aromatic rings. The van der Waals surface area contributed by atoms with Gasteiger partial charge in [0.25, 0.3) is 0 Å². The second-order valence-electron chi connectivity index (χ2n) is 38.6. The van der Waals surface area contributed by atoms with Crippen LogP contribution in [-0.2, 0) is 0 Å². The molecule has 698 valence electrons. The zero-order chi connectivity index (χ0) is 88.9. The van der Waals surface area contributed by atoms with Crippen molar-refractivity contribution in [3.63, 3.8) is 0 Å². The van der Waals surface area contributed by atoms with E-state index >= 15 is 0 Å². The van der Waals surface area contributed by atoms with Crippen LogP contribution in [0.4, 0.5) is 0 Å². The Morgan fingerprint density at radius 1 is 0.156 bits per heavy atom. The van der Waals surface area contributed by atoms with Gasteiger partial charge in [0.05, 0.1) is 39.6 Å². The van der Waals surface area contributed by atoms with Crippen LogP contribution < -0.4 is 28.4 Å². The molecule has 0 saturated heterocycles. The summed E-state index contributed by atoms with van der Waals surface area (Å²) in [6.07, 6.45) is 77.1. The largest absolute Gasteiger partial charge is 0.490 e. The molecule has 0 heterocycles. The third-order valence-corrected chi connectivity index (χ3v) is 28.0. The normalized spacial score (nSPS) is 11.9. The van der Waals surface area contributed by atoms with E-state index in [-0.39, 0.29) is 0 Å². The first-order chi connectivity index (χ1) is 63.5. The summed E-state index contributed by atoms with van der Waals surface area (Å²) in [6.45, 7) is 17.8. The van der Waals surface area contributed by atoms with E-state index in [0.717, 1.165) is 95.3 Å². The van der Waals surface area contributed by atoms with Gasteiger partial charge in [-0.15, -0.1) is 0 Å². The fourth-order valence-electron chi connectivity index (χ4n) is 20.4. The lowest BCUT2D eigenvalue weighted by atomic mass is 9.86. The average molecular weight is 1740 g/mol. The molecular weight excluding hydrogens is 1560 g/mol. The number of unbranched alkanes of at least 4 members (excludes halogenated alkanes) is 54. The first kappa shape index (κ1) is 101. The van der Waals surface area contributed by atoms with Crippen molar-refractivity contribution in [3.8, 4) is 79.0 Å². The molecule has 0 aliphatic rings. The SMILES string of the molecule is CCCCCCCCCCCCOc1cc(-c2ccc(-c3c4c5cccc6cccc(c4c(-c4ccc(-c7cc(OCCCCCCCCCCCC)c(OCCCCCCCCCCCC)c(OCCCCCCCCCCCC)c7)cc4)c4c7cccc8cccc(c34)c87)c65)cc2)cc(OCCCCCCCCCCCC)c1OCCCCCCCCCCCC. The molecule has 11 rings (SSSR count). The molecule has 6 heteroatoms. The van der Waals surface area contributed by atoms with Crippen molar-refractivity contribution in [2.24, 2.45) is 0 Å². The molecule has 0 atom stereocenters. The zero-order valence-corrected chi connectivity index (χ0v) is 82.0. The Hall–Kier alpha value is -7.70. The maximum Gasteiger partial charge on any atom is 0.203 e. The third kappa shape index (κ3) is 31.8. The van der Waals surface area contributed by atoms with Gasteiger partial charge in [-0.2, -0.15) is 0 Å². The molecule has 0 aliphatic carbocycles. The molecule has 0 saturated carbocycles. The second kappa shape index (κ2) is 60.4. The minimum Gasteiger partial charge on any atom is -0.490 e. The monoisotopic (exact) mass is 1740 g/mol. The van der Waals surface area contributed by atoms with Crippen molar-refractivity contribution < 1.29 is 28.4 Å². The van der Waals surface area contributed by atoms with Gasteiger partial charge < -0.3 is 28.4 Å². The van der Waals surface area contributed by atoms with Crippen LogP contribution in [0.15, 0.2) is 146 Å². The van der Waals surface area contributed by atoms with E-state index in [2.05, 4.69) is 187 Å². The highest BCUT2D eigenvalue weighted by molar-refractivity contribution is 6.46. The van der Waals surface area contributed by atoms with E-state index in [1.807, 2.05) is 0 Å². The molecule has 6 nitrogen and oxygen atoms in total. The Balaban J connectivity index is 0.950. The van der Waals surface area contributed by atoms with Gasteiger partial charge in [-0.05, 0) is 172 Å². The molecule has 128 heavy (non-hydrogen) atoms. The Kier molecular flexibility index (Phi) is 47.6. The van der Waals surface area contributed by atoms with Gasteiger partial charge in [0, 0.05) is 0 Å². The lowest BCUT2D eigenvalue weighted by Crippen LogP contribution is -2.07. The maximum absolute atomic E-state index is 7.06. The van der Waals surface area contributed by atoms with Crippen LogP contribution in [0.1, 0.15) is 427 Å². The van der Waals surface area contributed by atoms with Gasteiger partial charge in [0.15, 0.2) is 23.0 Å². The van der Waals surface area contributed by atoms with Gasteiger partial charge in [-0.1, -0.05) is 510 Å². The minimum absolute atomic E-state index is 0.651. The van der Waals surface area contributed by atoms with Gasteiger partial charge in [-0.3, -0.25) is 0 Å². The molecular formula is C122H174O6. The Morgan fingerprint density at radius 3 is 0.523 bits per heavy atom. The summed E-state index contributed by atoms with van der Waals surface area (Å²) in [7, 11) is 0. The minimum atomic E-state index is 0.651. The Morgan fingerprint density at radius 2 is 0.328 bits per heavy atom. The summed E-state index contributed by atoms with van der Waals surface area (Å²) in [4.78, 5) is 0. The zero-order valence-electron chi connectivity index (χ0n) is 82.0. The second-order valence-corrected chi connectivity index (χ2v) is 38.6. The van der Waals surface area contributed by atoms with Crippen molar-refractivity contribution in [3.05, 3.63) is 146 Å². The number of rotatable bonds is 76. The topological polar surface area (TPSA) is 55.4 Å². The number of ether oxygens (including phenoxy) is 6. The molecule has 0 aliphatic heterocycles. The summed E-state index contributed by atoms with van der Waals surface area (Å²) >= 11 is 0. The molecule has 11 aromatic carbocycles. The lowest BCUT2D eigenvalue weighted by Gasteiger charge is -2.20. The molecule has 0 fully saturated rings. The van der Waals surface area contributed by atoms with Crippen LogP contribution in [0.2, 0.25) is 0 Å². The van der Waals surface area contributed by atoms with Crippen LogP contribution in [0.3, 0.4) is 0 Å². The van der Waals surface area contributed by atoms with Crippen molar-refractivity contribution >= 4 is 64.6 Å². The van der Waals surface area contributed by atoms with E-state index in [1.165, 1.54) is 434 Å². The fraction of sp³-hybridized carbons (Fsp3) is 0.590. The lowest BCUT2D eigenvalue weighted by molar-refractivity contribution is 0.234. The molecule has 0 radical (unpaired) electrons. The van der Waals surface area contributed by atoms with Crippen molar-refractivity contribution in [2.75, 3.05) is 39.6 Å². The van der Waals surface area contributed by atoms with Crippen molar-refractivity contribution in [1.29, 1.82) is 0 Å². The van der Waals surface area contributed by atoms with Gasteiger partial charge in [-0.25, -0.2) is 0 Å². The molecule has 0 spiro atoms. The smallest absolute Gasteiger partial charge is 0.203 e. The first-order valence-electron chi connectivity index (χ1n) is 54.1. The Bertz CT molecular complexity index is 4270. The van der Waals surface area contributed by atoms with Crippen LogP contribution in [0.5, 0.6) is 34.5 Å². The van der Waals surface area contributed by atoms with Crippen molar-refractivity contribution in [1.82, 2.24) is 0 Å². The van der Waals surface area contributed by atoms with Gasteiger partial charge in [0.2, 0.25) is 11.5 Å². The van der Waals surface area contributed by atoms with Crippen LogP contribution in [0, 0.1) is 0 Å². The fourth-order valence-corrected chi connectivity index (χ4v) is 20.4. The molecule has 0 bridgehead atoms. The summed E-state index contributed by atoms with van der Waals surface area (Å²) in [5.41, 5.74) is 9.44. The standard InChI is InChI=1S/C122H174O6/c1-7-13-19-25-31-37-43-49-55-61-87-123-109-93-103(94-110(124-88-62-56-50-44-38-32-26-20-14-8-2)121(109)127-91-65-59-53-47-41-35-29-23-17-11-5)97-79-83-101(84-80-97)115-117-105-75-67-71-99-73-69-77-107(113(99)105)119(117)116(120-108-78-70-74-100-72-68-76-106(114(100)108)118(115)120)102-85-81-98(82-86-102)104-95-111(125-89-63-57-51-45-39-33-27-21-15-9-3)122(128-92-66-60-54-48-42-36-30-24-18-12-6)112(96-104)126-90-64-58-52-46-40-34-28-22-16-10-4/h67-86,93-96H,7-66,87-92H2,1-6H3. The predicted molar refractivity (Wildman–Crippen MR) is 560 cm³/mol. The maximum atomic E-state index is 7.06. The van der Waals surface area contributed by atoms with E-state index in [0.29, 0.717) is 39.6 Å². The van der Waals surface area contributed by atoms with Crippen LogP contribution >= 0.6 is 0 Å². The van der Waals surface area contributed by atoms with E-state index in [9.17, 15) is 0 Å². The third-order valence-electron chi connectivity index (χ3n) is 28.0. The van der Waals surface area contributed by atoms with E-state index in [4.69, 9.17) is 28.4 Å². The molecule has 0 aromatic heterocycles. The highest BCUT2D eigenvalue weighted by atomic mass is 16.5. The first-order valence-corrected chi connectivity index (χ1v) is 54.1. The number of hydrogen-bond donors (Lipinski definition) is 0. The number of fused-ring (bicyclic) bond motifs is 6. The molecule has 0 unspecified atom stereocenters. The summed E-state index contributed by atoms with van der Waals surface area (Å²) in [5.74, 6) is 4.79. The van der Waals surface area contributed by atoms with E-state index < -0.39 is 0 Å². The molecule has 0 N–H and O–H groups in total. The van der Waals surface area contributed by atoms with Crippen molar-refractivity contribution in [2.45, 2.75) is 427 Å². The Labute approximate surface area is 779 Å². The quantitative estimate of drug-likeness (QED) is 0.0354. The van der Waals surface area contributed by atoms with Gasteiger partial charge >= 0.3 is 0 Å². The highest BCUT2D eigenvalue weighted by Crippen LogP contribution is 2.57. The summed E-state index contributed by atoms with van der Waals surface area (Å²) in [6, 6.07) is 56.4. The number of hydrogen-bond acceptors (Lipinski definition) is 6. The van der Waals surface area contributed by atoms with E-state index in [1.54, 1.807) is 0 Å². The predicted octanol–water partition coefficient (Wildman–Crippen LogP) is 39.9. The number of benzene rings is 9. The van der Waals surface area contributed by atoms with Crippen LogP contribution in [0.25, 0.3) is 109 Å². The molecule has 0 amide bonds. The highest BCUT2D eigenvalue weighted by Gasteiger charge is 2.29. The van der Waals surface area contributed by atoms with Crippen LogP contribution in [-0.4, -0.2) is 39.6 Å². The van der Waals surface area contributed by atoms with Gasteiger partial charge in [0.1, 0.15) is 0 Å². The summed E-state index contributed by atoms with van der Waals surface area (Å²) < 4.78 is 42.3. The summed E-state index contributed by atoms with van der Waals surface area (Å²) in [5, 5.41) is 15.6.